The Morgan fingerprint density at radius 1 is 1.15 bits per heavy atom. The fourth-order valence-corrected chi connectivity index (χ4v) is 4.28. The lowest BCUT2D eigenvalue weighted by molar-refractivity contribution is 0.0523. The van der Waals surface area contributed by atoms with Gasteiger partial charge in [0.15, 0.2) is 16.9 Å². The van der Waals surface area contributed by atoms with Crippen LogP contribution in [0.5, 0.6) is 11.5 Å². The van der Waals surface area contributed by atoms with Crippen LogP contribution in [0.15, 0.2) is 59.5 Å². The Morgan fingerprint density at radius 2 is 1.88 bits per heavy atom. The van der Waals surface area contributed by atoms with E-state index in [0.29, 0.717) is 24.5 Å². The summed E-state index contributed by atoms with van der Waals surface area (Å²) < 4.78 is 13.0. The van der Waals surface area contributed by atoms with Gasteiger partial charge in [-0.05, 0) is 42.0 Å². The SMILES string of the molecule is CCOC(=O)c1cn2c(cc1=O)-c1cc(O)c(OCc3ccccc3)cc1CC2C(C)(C)C. The molecule has 3 aromatic rings. The molecule has 1 aromatic heterocycles. The second-order valence-corrected chi connectivity index (χ2v) is 9.40. The van der Waals surface area contributed by atoms with Gasteiger partial charge < -0.3 is 19.1 Å². The summed E-state index contributed by atoms with van der Waals surface area (Å²) in [7, 11) is 0. The second kappa shape index (κ2) is 8.77. The number of nitrogens with zero attached hydrogens (tertiary/aromatic N) is 1. The third-order valence-corrected chi connectivity index (χ3v) is 6.02. The molecule has 0 amide bonds. The minimum atomic E-state index is -0.622. The number of rotatable bonds is 5. The maximum atomic E-state index is 12.8. The van der Waals surface area contributed by atoms with Gasteiger partial charge in [-0.1, -0.05) is 51.1 Å². The number of esters is 1. The van der Waals surface area contributed by atoms with E-state index >= 15 is 0 Å². The van der Waals surface area contributed by atoms with Crippen molar-refractivity contribution in [2.24, 2.45) is 5.41 Å². The first kappa shape index (κ1) is 22.6. The molecular formula is C27H29NO5. The van der Waals surface area contributed by atoms with E-state index in [1.165, 1.54) is 6.07 Å². The highest BCUT2D eigenvalue weighted by Crippen LogP contribution is 2.45. The third kappa shape index (κ3) is 4.51. The summed E-state index contributed by atoms with van der Waals surface area (Å²) in [6, 6.07) is 14.7. The van der Waals surface area contributed by atoms with Crippen molar-refractivity contribution in [3.05, 3.63) is 81.6 Å². The van der Waals surface area contributed by atoms with Gasteiger partial charge in [0.25, 0.3) is 0 Å². The summed E-state index contributed by atoms with van der Waals surface area (Å²) in [6.07, 6.45) is 2.27. The van der Waals surface area contributed by atoms with Gasteiger partial charge >= 0.3 is 5.97 Å². The van der Waals surface area contributed by atoms with Crippen molar-refractivity contribution in [2.75, 3.05) is 6.61 Å². The summed E-state index contributed by atoms with van der Waals surface area (Å²) in [4.78, 5) is 25.1. The predicted molar refractivity (Wildman–Crippen MR) is 127 cm³/mol. The topological polar surface area (TPSA) is 77.8 Å². The summed E-state index contributed by atoms with van der Waals surface area (Å²) >= 11 is 0. The number of phenolic OH excluding ortho intramolecular Hbond substituents is 1. The summed E-state index contributed by atoms with van der Waals surface area (Å²) in [5.74, 6) is -0.208. The lowest BCUT2D eigenvalue weighted by Crippen LogP contribution is -2.33. The molecule has 6 nitrogen and oxygen atoms in total. The van der Waals surface area contributed by atoms with Crippen molar-refractivity contribution >= 4 is 5.97 Å². The third-order valence-electron chi connectivity index (χ3n) is 6.02. The van der Waals surface area contributed by atoms with Crippen molar-refractivity contribution in [3.8, 4) is 22.8 Å². The van der Waals surface area contributed by atoms with Crippen LogP contribution in [0.1, 0.15) is 55.2 Å². The monoisotopic (exact) mass is 447 g/mol. The highest BCUT2D eigenvalue weighted by Gasteiger charge is 2.34. The van der Waals surface area contributed by atoms with Crippen LogP contribution in [0.4, 0.5) is 0 Å². The van der Waals surface area contributed by atoms with Gasteiger partial charge in [0.2, 0.25) is 0 Å². The lowest BCUT2D eigenvalue weighted by Gasteiger charge is -2.39. The Balaban J connectivity index is 1.78. The molecule has 1 aliphatic heterocycles. The molecule has 0 radical (unpaired) electrons. The number of fused-ring (bicyclic) bond motifs is 3. The normalized spacial score (nSPS) is 14.8. The number of aromatic nitrogens is 1. The Hall–Kier alpha value is -3.54. The minimum absolute atomic E-state index is 0.00681. The lowest BCUT2D eigenvalue weighted by atomic mass is 9.78. The first-order chi connectivity index (χ1) is 15.7. The van der Waals surface area contributed by atoms with Gasteiger partial charge in [-0.25, -0.2) is 4.79 Å². The zero-order valence-electron chi connectivity index (χ0n) is 19.4. The Bertz CT molecular complexity index is 1240. The molecule has 1 N–H and O–H groups in total. The molecule has 6 heteroatoms. The number of aromatic hydroxyl groups is 1. The fourth-order valence-electron chi connectivity index (χ4n) is 4.28. The van der Waals surface area contributed by atoms with E-state index in [0.717, 1.165) is 16.7 Å². The molecular weight excluding hydrogens is 418 g/mol. The van der Waals surface area contributed by atoms with Crippen molar-refractivity contribution in [2.45, 2.75) is 46.8 Å². The molecule has 33 heavy (non-hydrogen) atoms. The van der Waals surface area contributed by atoms with Crippen molar-refractivity contribution in [3.63, 3.8) is 0 Å². The quantitative estimate of drug-likeness (QED) is 0.549. The highest BCUT2D eigenvalue weighted by molar-refractivity contribution is 5.89. The summed E-state index contributed by atoms with van der Waals surface area (Å²) in [5.41, 5.74) is 2.88. The average molecular weight is 448 g/mol. The number of phenols is 1. The Morgan fingerprint density at radius 3 is 2.55 bits per heavy atom. The van der Waals surface area contributed by atoms with Gasteiger partial charge in [0, 0.05) is 23.9 Å². The Kier molecular flexibility index (Phi) is 6.02. The van der Waals surface area contributed by atoms with Gasteiger partial charge in [0.1, 0.15) is 12.2 Å². The molecule has 172 valence electrons. The molecule has 0 spiro atoms. The molecule has 1 atom stereocenters. The van der Waals surface area contributed by atoms with Crippen LogP contribution < -0.4 is 10.2 Å². The second-order valence-electron chi connectivity index (χ2n) is 9.40. The van der Waals surface area contributed by atoms with Gasteiger partial charge in [-0.15, -0.1) is 0 Å². The zero-order chi connectivity index (χ0) is 23.8. The molecule has 0 aliphatic carbocycles. The number of hydrogen-bond donors (Lipinski definition) is 1. The number of carbonyl (C=O) groups excluding carboxylic acids is 1. The van der Waals surface area contributed by atoms with E-state index in [-0.39, 0.29) is 29.4 Å². The molecule has 2 heterocycles. The van der Waals surface area contributed by atoms with Crippen LogP contribution in [0.3, 0.4) is 0 Å². The summed E-state index contributed by atoms with van der Waals surface area (Å²) in [5, 5.41) is 10.7. The van der Waals surface area contributed by atoms with Crippen LogP contribution in [-0.2, 0) is 17.8 Å². The van der Waals surface area contributed by atoms with E-state index in [4.69, 9.17) is 9.47 Å². The molecule has 0 bridgehead atoms. The van der Waals surface area contributed by atoms with Crippen LogP contribution >= 0.6 is 0 Å². The van der Waals surface area contributed by atoms with E-state index in [1.807, 2.05) is 41.0 Å². The maximum Gasteiger partial charge on any atom is 0.343 e. The first-order valence-corrected chi connectivity index (χ1v) is 11.2. The van der Waals surface area contributed by atoms with E-state index in [9.17, 15) is 14.7 Å². The minimum Gasteiger partial charge on any atom is -0.504 e. The molecule has 1 aliphatic rings. The van der Waals surface area contributed by atoms with E-state index in [2.05, 4.69) is 20.8 Å². The van der Waals surface area contributed by atoms with Gasteiger partial charge in [-0.3, -0.25) is 4.79 Å². The van der Waals surface area contributed by atoms with Crippen molar-refractivity contribution in [1.82, 2.24) is 4.57 Å². The average Bonchev–Trinajstić information content (AvgIpc) is 2.77. The number of benzene rings is 2. The van der Waals surface area contributed by atoms with Gasteiger partial charge in [-0.2, -0.15) is 0 Å². The van der Waals surface area contributed by atoms with E-state index in [1.54, 1.807) is 19.2 Å². The molecule has 4 rings (SSSR count). The largest absolute Gasteiger partial charge is 0.504 e. The molecule has 0 saturated heterocycles. The maximum absolute atomic E-state index is 12.8. The van der Waals surface area contributed by atoms with Crippen LogP contribution in [0, 0.1) is 5.41 Å². The number of hydrogen-bond acceptors (Lipinski definition) is 5. The van der Waals surface area contributed by atoms with Crippen LogP contribution in [-0.4, -0.2) is 22.2 Å². The van der Waals surface area contributed by atoms with E-state index < -0.39 is 11.4 Å². The van der Waals surface area contributed by atoms with Crippen molar-refractivity contribution in [1.29, 1.82) is 0 Å². The number of ether oxygens (including phenoxy) is 2. The molecule has 2 aromatic carbocycles. The van der Waals surface area contributed by atoms with Crippen molar-refractivity contribution < 1.29 is 19.4 Å². The Labute approximate surface area is 193 Å². The van der Waals surface area contributed by atoms with Crippen LogP contribution in [0.2, 0.25) is 0 Å². The fraction of sp³-hybridized carbons (Fsp3) is 0.333. The smallest absolute Gasteiger partial charge is 0.343 e. The van der Waals surface area contributed by atoms with Crippen LogP contribution in [0.25, 0.3) is 11.3 Å². The summed E-state index contributed by atoms with van der Waals surface area (Å²) in [6.45, 7) is 8.63. The van der Waals surface area contributed by atoms with Gasteiger partial charge in [0.05, 0.1) is 12.3 Å². The number of pyridine rings is 1. The highest BCUT2D eigenvalue weighted by atomic mass is 16.5. The molecule has 0 fully saturated rings. The first-order valence-electron chi connectivity index (χ1n) is 11.2. The number of carbonyl (C=O) groups is 1. The zero-order valence-corrected chi connectivity index (χ0v) is 19.4. The standard InChI is InChI=1S/C27H29NO5/c1-5-32-26(31)20-15-28-21(14-22(20)29)19-13-23(30)24(33-16-17-9-7-6-8-10-17)11-18(19)12-25(28)27(2,3)4/h6-11,13-15,25,30H,5,12,16H2,1-4H3. The molecule has 1 unspecified atom stereocenters. The predicted octanol–water partition coefficient (Wildman–Crippen LogP) is 5.12. The molecule has 0 saturated carbocycles.